The van der Waals surface area contributed by atoms with Crippen LogP contribution in [0.2, 0.25) is 0 Å². The first kappa shape index (κ1) is 16.5. The molecule has 0 amide bonds. The Bertz CT molecular complexity index is 989. The number of nitrogens with zero attached hydrogens (tertiary/aromatic N) is 2. The fraction of sp³-hybridized carbons (Fsp3) is 0.250. The molecule has 0 radical (unpaired) electrons. The van der Waals surface area contributed by atoms with Gasteiger partial charge in [-0.2, -0.15) is 0 Å². The molecule has 27 heavy (non-hydrogen) atoms. The molecule has 0 N–H and O–H groups in total. The van der Waals surface area contributed by atoms with Gasteiger partial charge in [0, 0.05) is 36.8 Å². The summed E-state index contributed by atoms with van der Waals surface area (Å²) in [5.74, 6) is 0. The molecule has 0 aromatic heterocycles. The molecule has 3 heteroatoms. The van der Waals surface area contributed by atoms with Crippen molar-refractivity contribution < 1.29 is 0 Å². The molecule has 3 aromatic rings. The molecule has 0 atom stereocenters. The van der Waals surface area contributed by atoms with Gasteiger partial charge in [0.2, 0.25) is 0 Å². The third-order valence-electron chi connectivity index (χ3n) is 6.23. The van der Waals surface area contributed by atoms with E-state index in [1.54, 1.807) is 0 Å². The van der Waals surface area contributed by atoms with Crippen LogP contribution in [0.4, 0.5) is 22.7 Å². The largest absolute Gasteiger partial charge is 0.345 e. The van der Waals surface area contributed by atoms with Crippen molar-refractivity contribution in [2.24, 2.45) is 0 Å². The van der Waals surface area contributed by atoms with E-state index >= 15 is 0 Å². The molecule has 0 saturated carbocycles. The summed E-state index contributed by atoms with van der Waals surface area (Å²) in [6.45, 7) is 7.19. The lowest BCUT2D eigenvalue weighted by Crippen LogP contribution is -2.61. The Kier molecular flexibility index (Phi) is 3.31. The maximum atomic E-state index is 2.41. The lowest BCUT2D eigenvalue weighted by atomic mass is 9.33. The van der Waals surface area contributed by atoms with E-state index in [1.807, 2.05) is 0 Å². The smallest absolute Gasteiger partial charge is 0.252 e. The Balaban J connectivity index is 1.90. The van der Waals surface area contributed by atoms with E-state index < -0.39 is 0 Å². The minimum absolute atomic E-state index is 0.108. The molecule has 2 nitrogen and oxygen atoms in total. The first-order chi connectivity index (χ1) is 12.9. The van der Waals surface area contributed by atoms with E-state index in [1.165, 1.54) is 44.7 Å². The van der Waals surface area contributed by atoms with Crippen LogP contribution in [0.1, 0.15) is 26.3 Å². The van der Waals surface area contributed by atoms with Gasteiger partial charge in [-0.3, -0.25) is 0 Å². The van der Waals surface area contributed by atoms with Gasteiger partial charge in [-0.15, -0.1) is 0 Å². The van der Waals surface area contributed by atoms with E-state index in [9.17, 15) is 0 Å². The molecular formula is C24H25BN2. The van der Waals surface area contributed by atoms with E-state index in [2.05, 4.69) is 105 Å². The summed E-state index contributed by atoms with van der Waals surface area (Å²) in [5, 5.41) is 0. The molecule has 0 aliphatic carbocycles. The first-order valence-electron chi connectivity index (χ1n) is 9.71. The monoisotopic (exact) mass is 352 g/mol. The van der Waals surface area contributed by atoms with Crippen LogP contribution in [-0.2, 0) is 5.41 Å². The molecule has 5 rings (SSSR count). The highest BCUT2D eigenvalue weighted by Crippen LogP contribution is 2.38. The zero-order chi connectivity index (χ0) is 18.9. The summed E-state index contributed by atoms with van der Waals surface area (Å²) >= 11 is 0. The van der Waals surface area contributed by atoms with Gasteiger partial charge in [-0.05, 0) is 51.6 Å². The number of para-hydroxylation sites is 2. The Morgan fingerprint density at radius 3 is 1.56 bits per heavy atom. The Morgan fingerprint density at radius 2 is 1.11 bits per heavy atom. The van der Waals surface area contributed by atoms with Gasteiger partial charge in [0.15, 0.2) is 0 Å². The van der Waals surface area contributed by atoms with Crippen molar-refractivity contribution in [1.29, 1.82) is 0 Å². The van der Waals surface area contributed by atoms with Crippen molar-refractivity contribution in [3.63, 3.8) is 0 Å². The second-order valence-electron chi connectivity index (χ2n) is 8.85. The maximum absolute atomic E-state index is 2.41. The van der Waals surface area contributed by atoms with Crippen LogP contribution in [0.15, 0.2) is 60.7 Å². The molecule has 3 aromatic carbocycles. The molecule has 0 spiro atoms. The minimum atomic E-state index is 0.108. The molecular weight excluding hydrogens is 327 g/mol. The van der Waals surface area contributed by atoms with Crippen molar-refractivity contribution in [3.8, 4) is 0 Å². The number of benzene rings is 3. The van der Waals surface area contributed by atoms with Crippen LogP contribution < -0.4 is 26.2 Å². The molecule has 0 saturated heterocycles. The Labute approximate surface area is 162 Å². The molecule has 0 unspecified atom stereocenters. The highest BCUT2D eigenvalue weighted by atomic mass is 15.1. The van der Waals surface area contributed by atoms with Gasteiger partial charge in [0.05, 0.1) is 0 Å². The van der Waals surface area contributed by atoms with E-state index in [0.717, 1.165) is 0 Å². The van der Waals surface area contributed by atoms with Crippen LogP contribution in [0.3, 0.4) is 0 Å². The highest BCUT2D eigenvalue weighted by Gasteiger charge is 2.41. The summed E-state index contributed by atoms with van der Waals surface area (Å²) in [7, 11) is 4.41. The van der Waals surface area contributed by atoms with Gasteiger partial charge < -0.3 is 9.80 Å². The molecule has 2 aliphatic heterocycles. The molecule has 0 fully saturated rings. The summed E-state index contributed by atoms with van der Waals surface area (Å²) in [6.07, 6.45) is 0. The molecule has 2 heterocycles. The van der Waals surface area contributed by atoms with Crippen LogP contribution in [0.25, 0.3) is 0 Å². The van der Waals surface area contributed by atoms with Crippen molar-refractivity contribution in [2.75, 3.05) is 23.9 Å². The third-order valence-corrected chi connectivity index (χ3v) is 6.23. The first-order valence-corrected chi connectivity index (χ1v) is 9.71. The SMILES string of the molecule is CN1c2ccccc2B2c3ccccc3N(C)c3cc(C(C)(C)C)cc1c32. The van der Waals surface area contributed by atoms with Crippen LogP contribution in [0, 0.1) is 0 Å². The zero-order valence-electron chi connectivity index (χ0n) is 16.7. The van der Waals surface area contributed by atoms with Gasteiger partial charge >= 0.3 is 0 Å². The fourth-order valence-corrected chi connectivity index (χ4v) is 4.72. The van der Waals surface area contributed by atoms with E-state index in [0.29, 0.717) is 6.71 Å². The number of fused-ring (bicyclic) bond motifs is 4. The molecule has 134 valence electrons. The van der Waals surface area contributed by atoms with Gasteiger partial charge in [0.25, 0.3) is 6.71 Å². The summed E-state index contributed by atoms with van der Waals surface area (Å²) < 4.78 is 0. The molecule has 2 aliphatic rings. The number of rotatable bonds is 0. The van der Waals surface area contributed by atoms with Gasteiger partial charge in [-0.1, -0.05) is 57.2 Å². The van der Waals surface area contributed by atoms with E-state index in [-0.39, 0.29) is 5.41 Å². The topological polar surface area (TPSA) is 6.48 Å². The van der Waals surface area contributed by atoms with Gasteiger partial charge in [0.1, 0.15) is 0 Å². The summed E-state index contributed by atoms with van der Waals surface area (Å²) in [4.78, 5) is 4.75. The number of hydrogen-bond acceptors (Lipinski definition) is 2. The second kappa shape index (κ2) is 5.42. The molecule has 0 bridgehead atoms. The van der Waals surface area contributed by atoms with Crippen molar-refractivity contribution >= 4 is 45.9 Å². The number of hydrogen-bond donors (Lipinski definition) is 0. The van der Waals surface area contributed by atoms with Crippen molar-refractivity contribution in [3.05, 3.63) is 66.2 Å². The average Bonchev–Trinajstić information content (AvgIpc) is 2.66. The summed E-state index contributed by atoms with van der Waals surface area (Å²) in [5.41, 5.74) is 11.0. The Morgan fingerprint density at radius 1 is 0.667 bits per heavy atom. The highest BCUT2D eigenvalue weighted by molar-refractivity contribution is 7.00. The predicted molar refractivity (Wildman–Crippen MR) is 119 cm³/mol. The Hall–Kier alpha value is -2.68. The normalized spacial score (nSPS) is 14.6. The lowest BCUT2D eigenvalue weighted by molar-refractivity contribution is 0.590. The van der Waals surface area contributed by atoms with Crippen LogP contribution >= 0.6 is 0 Å². The van der Waals surface area contributed by atoms with Crippen molar-refractivity contribution in [1.82, 2.24) is 0 Å². The van der Waals surface area contributed by atoms with Crippen molar-refractivity contribution in [2.45, 2.75) is 26.2 Å². The maximum Gasteiger partial charge on any atom is 0.252 e. The third kappa shape index (κ3) is 2.21. The summed E-state index contributed by atoms with van der Waals surface area (Å²) in [6, 6.07) is 22.5. The zero-order valence-corrected chi connectivity index (χ0v) is 16.7. The minimum Gasteiger partial charge on any atom is -0.345 e. The quantitative estimate of drug-likeness (QED) is 0.570. The second-order valence-corrected chi connectivity index (χ2v) is 8.85. The fourth-order valence-electron chi connectivity index (χ4n) is 4.72. The standard InChI is InChI=1S/C24H25BN2/c1-24(2,3)16-14-21-23-22(15-16)27(5)20-13-9-7-11-18(20)25(23)17-10-6-8-12-19(17)26(21)4/h6-15H,1-5H3. The van der Waals surface area contributed by atoms with Crippen LogP contribution in [-0.4, -0.2) is 20.8 Å². The lowest BCUT2D eigenvalue weighted by Gasteiger charge is -2.43. The average molecular weight is 352 g/mol. The van der Waals surface area contributed by atoms with Gasteiger partial charge in [-0.25, -0.2) is 0 Å². The van der Waals surface area contributed by atoms with E-state index in [4.69, 9.17) is 0 Å². The van der Waals surface area contributed by atoms with Crippen LogP contribution in [0.5, 0.6) is 0 Å². The predicted octanol–water partition coefficient (Wildman–Crippen LogP) is 3.66. The number of anilines is 4.